The zero-order chi connectivity index (χ0) is 18.1. The van der Waals surface area contributed by atoms with E-state index in [0.29, 0.717) is 28.5 Å². The van der Waals surface area contributed by atoms with Gasteiger partial charge in [0.1, 0.15) is 0 Å². The van der Waals surface area contributed by atoms with Gasteiger partial charge in [0.05, 0.1) is 16.8 Å². The molecule has 0 aliphatic heterocycles. The smallest absolute Gasteiger partial charge is 0.260 e. The van der Waals surface area contributed by atoms with E-state index in [-0.39, 0.29) is 5.91 Å². The van der Waals surface area contributed by atoms with E-state index < -0.39 is 5.54 Å². The van der Waals surface area contributed by atoms with E-state index in [4.69, 9.17) is 10.3 Å². The molecule has 1 aromatic heterocycles. The fourth-order valence-electron chi connectivity index (χ4n) is 3.08. The van der Waals surface area contributed by atoms with Crippen molar-refractivity contribution in [3.63, 3.8) is 0 Å². The van der Waals surface area contributed by atoms with Crippen molar-refractivity contribution in [2.45, 2.75) is 31.7 Å². The second-order valence-corrected chi connectivity index (χ2v) is 6.80. The van der Waals surface area contributed by atoms with Crippen LogP contribution in [0.25, 0.3) is 11.5 Å². The van der Waals surface area contributed by atoms with E-state index in [9.17, 15) is 4.79 Å². The van der Waals surface area contributed by atoms with Crippen molar-refractivity contribution >= 4 is 11.6 Å². The maximum Gasteiger partial charge on any atom is 0.260 e. The Morgan fingerprint density at radius 2 is 2.00 bits per heavy atom. The normalized spacial score (nSPS) is 15.3. The third kappa shape index (κ3) is 2.99. The van der Waals surface area contributed by atoms with Crippen LogP contribution in [0.3, 0.4) is 0 Å². The van der Waals surface area contributed by atoms with Crippen molar-refractivity contribution in [1.82, 2.24) is 10.1 Å². The van der Waals surface area contributed by atoms with E-state index in [1.54, 1.807) is 6.07 Å². The largest absolute Gasteiger partial charge is 0.334 e. The minimum Gasteiger partial charge on any atom is -0.334 e. The Balaban J connectivity index is 1.62. The third-order valence-corrected chi connectivity index (χ3v) is 4.80. The number of nitrogens with zero attached hydrogens (tertiary/aromatic N) is 2. The van der Waals surface area contributed by atoms with Gasteiger partial charge in [-0.1, -0.05) is 35.0 Å². The first-order chi connectivity index (χ1) is 12.5. The van der Waals surface area contributed by atoms with Crippen LogP contribution in [-0.4, -0.2) is 16.0 Å². The highest BCUT2D eigenvalue weighted by molar-refractivity contribution is 6.06. The molecule has 1 amide bonds. The summed E-state index contributed by atoms with van der Waals surface area (Å²) >= 11 is 0. The number of carbonyl (C=O) groups excluding carboxylic acids is 1. The zero-order valence-corrected chi connectivity index (χ0v) is 14.5. The minimum absolute atomic E-state index is 0.185. The molecule has 26 heavy (non-hydrogen) atoms. The molecule has 3 aromatic rings. The summed E-state index contributed by atoms with van der Waals surface area (Å²) in [4.78, 5) is 17.0. The lowest BCUT2D eigenvalue weighted by molar-refractivity contribution is 0.102. The lowest BCUT2D eigenvalue weighted by atomic mass is 9.77. The first kappa shape index (κ1) is 16.5. The summed E-state index contributed by atoms with van der Waals surface area (Å²) < 4.78 is 5.43. The second kappa shape index (κ2) is 6.38. The van der Waals surface area contributed by atoms with E-state index in [2.05, 4.69) is 15.5 Å². The monoisotopic (exact) mass is 348 g/mol. The number of aromatic nitrogens is 2. The number of benzene rings is 2. The van der Waals surface area contributed by atoms with Crippen molar-refractivity contribution in [2.24, 2.45) is 5.73 Å². The number of carbonyl (C=O) groups is 1. The lowest BCUT2D eigenvalue weighted by Gasteiger charge is -2.34. The molecule has 6 heteroatoms. The number of nitrogens with one attached hydrogen (secondary N) is 1. The molecule has 1 aliphatic rings. The summed E-state index contributed by atoms with van der Waals surface area (Å²) in [5.41, 5.74) is 8.71. The van der Waals surface area contributed by atoms with Crippen LogP contribution < -0.4 is 11.1 Å². The molecule has 0 spiro atoms. The van der Waals surface area contributed by atoms with Crippen LogP contribution in [0.2, 0.25) is 0 Å². The number of aryl methyl sites for hydroxylation is 1. The Labute approximate surface area is 151 Å². The fourth-order valence-corrected chi connectivity index (χ4v) is 3.08. The topological polar surface area (TPSA) is 94.0 Å². The fraction of sp³-hybridized carbons (Fsp3) is 0.250. The SMILES string of the molecule is Cc1cccc(C(=O)Nc2ccccc2-c2nc(C3(N)CCC3)no2)c1. The number of amides is 1. The summed E-state index contributed by atoms with van der Waals surface area (Å²) in [5, 5.41) is 6.98. The van der Waals surface area contributed by atoms with Gasteiger partial charge >= 0.3 is 0 Å². The molecule has 0 atom stereocenters. The molecule has 1 fully saturated rings. The number of para-hydroxylation sites is 1. The number of anilines is 1. The van der Waals surface area contributed by atoms with Crippen molar-refractivity contribution in [1.29, 1.82) is 0 Å². The van der Waals surface area contributed by atoms with Crippen molar-refractivity contribution in [3.8, 4) is 11.5 Å². The summed E-state index contributed by atoms with van der Waals surface area (Å²) in [7, 11) is 0. The van der Waals surface area contributed by atoms with Gasteiger partial charge < -0.3 is 15.6 Å². The van der Waals surface area contributed by atoms with Crippen molar-refractivity contribution in [3.05, 3.63) is 65.5 Å². The molecular formula is C20H20N4O2. The number of nitrogens with two attached hydrogens (primary N) is 1. The average molecular weight is 348 g/mol. The quantitative estimate of drug-likeness (QED) is 0.751. The van der Waals surface area contributed by atoms with Gasteiger partial charge in [0, 0.05) is 5.56 Å². The van der Waals surface area contributed by atoms with Crippen molar-refractivity contribution < 1.29 is 9.32 Å². The summed E-state index contributed by atoms with van der Waals surface area (Å²) in [6, 6.07) is 14.8. The summed E-state index contributed by atoms with van der Waals surface area (Å²) in [6.45, 7) is 1.95. The van der Waals surface area contributed by atoms with Crippen LogP contribution in [0.1, 0.15) is 41.0 Å². The lowest BCUT2D eigenvalue weighted by Crippen LogP contribution is -2.44. The maximum absolute atomic E-state index is 12.6. The maximum atomic E-state index is 12.6. The zero-order valence-electron chi connectivity index (χ0n) is 14.5. The van der Waals surface area contributed by atoms with Gasteiger partial charge in [-0.2, -0.15) is 4.98 Å². The first-order valence-corrected chi connectivity index (χ1v) is 8.66. The Hall–Kier alpha value is -2.99. The van der Waals surface area contributed by atoms with Gasteiger partial charge in [0.15, 0.2) is 5.82 Å². The third-order valence-electron chi connectivity index (χ3n) is 4.80. The Morgan fingerprint density at radius 1 is 1.19 bits per heavy atom. The molecule has 6 nitrogen and oxygen atoms in total. The Bertz CT molecular complexity index is 960. The molecule has 4 rings (SSSR count). The molecule has 1 aliphatic carbocycles. The van der Waals surface area contributed by atoms with Gasteiger partial charge in [-0.3, -0.25) is 4.79 Å². The molecule has 3 N–H and O–H groups in total. The molecule has 1 heterocycles. The average Bonchev–Trinajstić information content (AvgIpc) is 3.10. The van der Waals surface area contributed by atoms with Gasteiger partial charge in [-0.25, -0.2) is 0 Å². The van der Waals surface area contributed by atoms with Gasteiger partial charge in [-0.15, -0.1) is 0 Å². The van der Waals surface area contributed by atoms with E-state index in [0.717, 1.165) is 24.8 Å². The molecule has 0 radical (unpaired) electrons. The van der Waals surface area contributed by atoms with Gasteiger partial charge in [0.2, 0.25) is 0 Å². The predicted octanol–water partition coefficient (Wildman–Crippen LogP) is 3.64. The highest BCUT2D eigenvalue weighted by Crippen LogP contribution is 2.38. The molecule has 0 saturated heterocycles. The standard InChI is InChI=1S/C20H20N4O2/c1-13-6-4-7-14(12-13)17(25)22-16-9-3-2-8-15(16)18-23-19(24-26-18)20(21)10-5-11-20/h2-4,6-9,12H,5,10-11,21H2,1H3,(H,22,25). The highest BCUT2D eigenvalue weighted by Gasteiger charge is 2.39. The van der Waals surface area contributed by atoms with Gasteiger partial charge in [-0.05, 0) is 50.5 Å². The highest BCUT2D eigenvalue weighted by atomic mass is 16.5. The van der Waals surface area contributed by atoms with Gasteiger partial charge in [0.25, 0.3) is 11.8 Å². The Morgan fingerprint density at radius 3 is 2.73 bits per heavy atom. The van der Waals surface area contributed by atoms with Crippen LogP contribution >= 0.6 is 0 Å². The van der Waals surface area contributed by atoms with Crippen LogP contribution in [-0.2, 0) is 5.54 Å². The summed E-state index contributed by atoms with van der Waals surface area (Å²) in [6.07, 6.45) is 2.79. The van der Waals surface area contributed by atoms with E-state index in [1.165, 1.54) is 0 Å². The molecule has 132 valence electrons. The predicted molar refractivity (Wildman–Crippen MR) is 98.6 cm³/mol. The van der Waals surface area contributed by atoms with Crippen LogP contribution in [0.15, 0.2) is 53.1 Å². The van der Waals surface area contributed by atoms with E-state index >= 15 is 0 Å². The molecule has 2 aromatic carbocycles. The van der Waals surface area contributed by atoms with Crippen molar-refractivity contribution in [2.75, 3.05) is 5.32 Å². The van der Waals surface area contributed by atoms with Crippen LogP contribution in [0, 0.1) is 6.92 Å². The minimum atomic E-state index is -0.485. The van der Waals surface area contributed by atoms with Crippen LogP contribution in [0.4, 0.5) is 5.69 Å². The molecule has 0 unspecified atom stereocenters. The Kier molecular flexibility index (Phi) is 4.05. The van der Waals surface area contributed by atoms with E-state index in [1.807, 2.05) is 49.4 Å². The number of rotatable bonds is 4. The molecule has 0 bridgehead atoms. The number of hydrogen-bond acceptors (Lipinski definition) is 5. The summed E-state index contributed by atoms with van der Waals surface area (Å²) in [5.74, 6) is 0.700. The molecular weight excluding hydrogens is 328 g/mol. The molecule has 1 saturated carbocycles. The first-order valence-electron chi connectivity index (χ1n) is 8.66. The number of hydrogen-bond donors (Lipinski definition) is 2. The van der Waals surface area contributed by atoms with Crippen LogP contribution in [0.5, 0.6) is 0 Å². The second-order valence-electron chi connectivity index (χ2n) is 6.80.